The first-order valence-corrected chi connectivity index (χ1v) is 15.5. The molecule has 0 aliphatic carbocycles. The Morgan fingerprint density at radius 1 is 1.06 bits per heavy atom. The van der Waals surface area contributed by atoms with E-state index in [4.69, 9.17) is 33.2 Å². The van der Waals surface area contributed by atoms with Crippen LogP contribution >= 0.6 is 11.6 Å². The van der Waals surface area contributed by atoms with Crippen LogP contribution in [0.4, 0.5) is 17.3 Å². The van der Waals surface area contributed by atoms with Gasteiger partial charge in [0.05, 0.1) is 11.8 Å². The summed E-state index contributed by atoms with van der Waals surface area (Å²) < 4.78 is 5.59. The van der Waals surface area contributed by atoms with Gasteiger partial charge in [0.15, 0.2) is 35.0 Å². The van der Waals surface area contributed by atoms with Crippen LogP contribution < -0.4 is 42.8 Å². The van der Waals surface area contributed by atoms with E-state index >= 15 is 0 Å². The number of benzene rings is 2. The van der Waals surface area contributed by atoms with E-state index in [1.54, 1.807) is 18.2 Å². The number of nitrogens with zero attached hydrogens (tertiary/aromatic N) is 2. The average molecular weight is 685 g/mol. The molecule has 12 N–H and O–H groups in total. The van der Waals surface area contributed by atoms with Crippen molar-refractivity contribution >= 4 is 53.1 Å². The van der Waals surface area contributed by atoms with Gasteiger partial charge in [0.2, 0.25) is 6.41 Å². The molecular formula is C31H41ClN10O6. The van der Waals surface area contributed by atoms with Crippen molar-refractivity contribution in [2.24, 2.45) is 0 Å². The summed E-state index contributed by atoms with van der Waals surface area (Å²) in [5.74, 6) is -1.00. The van der Waals surface area contributed by atoms with Crippen molar-refractivity contribution in [2.75, 3.05) is 43.0 Å². The Balaban J connectivity index is 1.25. The number of carbonyl (C=O) groups excluding carboxylic acids is 3. The SMILES string of the molecule is C[C@H](CCNC(=O)COc1ccc(CCCCNC(=N)NC(=O)c2nc(Cl)c(N)nc2N)cc1)NC[C@H](O)c1ccc(O)c(NC=O)c1. The van der Waals surface area contributed by atoms with E-state index in [2.05, 4.69) is 36.6 Å². The van der Waals surface area contributed by atoms with Crippen LogP contribution in [-0.4, -0.2) is 76.6 Å². The number of unbranched alkanes of at least 4 members (excludes halogenated alkanes) is 1. The number of anilines is 3. The number of rotatable bonds is 18. The van der Waals surface area contributed by atoms with Gasteiger partial charge in [-0.05, 0) is 68.0 Å². The van der Waals surface area contributed by atoms with Crippen molar-refractivity contribution in [1.82, 2.24) is 31.2 Å². The fraction of sp³-hybridized carbons (Fsp3) is 0.355. The number of hydrogen-bond acceptors (Lipinski definition) is 12. The van der Waals surface area contributed by atoms with Gasteiger partial charge in [0.25, 0.3) is 11.8 Å². The summed E-state index contributed by atoms with van der Waals surface area (Å²) in [5.41, 5.74) is 12.8. The van der Waals surface area contributed by atoms with Crippen molar-refractivity contribution in [3.05, 3.63) is 64.4 Å². The Morgan fingerprint density at radius 2 is 1.81 bits per heavy atom. The second kappa shape index (κ2) is 18.8. The minimum atomic E-state index is -0.853. The Labute approximate surface area is 282 Å². The molecule has 0 spiro atoms. The number of nitrogens with one attached hydrogen (secondary N) is 6. The quantitative estimate of drug-likeness (QED) is 0.0300. The number of aliphatic hydroxyl groups is 1. The van der Waals surface area contributed by atoms with Gasteiger partial charge in [-0.15, -0.1) is 0 Å². The Morgan fingerprint density at radius 3 is 2.54 bits per heavy atom. The van der Waals surface area contributed by atoms with Crippen molar-refractivity contribution in [3.8, 4) is 11.5 Å². The molecule has 0 bridgehead atoms. The van der Waals surface area contributed by atoms with Crippen LogP contribution in [0.3, 0.4) is 0 Å². The van der Waals surface area contributed by atoms with Gasteiger partial charge in [-0.2, -0.15) is 0 Å². The summed E-state index contributed by atoms with van der Waals surface area (Å²) in [6.07, 6.45) is 2.56. The lowest BCUT2D eigenvalue weighted by molar-refractivity contribution is -0.123. The largest absolute Gasteiger partial charge is 0.506 e. The van der Waals surface area contributed by atoms with Crippen LogP contribution in [0.1, 0.15) is 53.9 Å². The topological polar surface area (TPSA) is 263 Å². The third-order valence-corrected chi connectivity index (χ3v) is 7.30. The highest BCUT2D eigenvalue weighted by Gasteiger charge is 2.17. The lowest BCUT2D eigenvalue weighted by Crippen LogP contribution is -2.41. The smallest absolute Gasteiger partial charge is 0.280 e. The number of nitrogens with two attached hydrogens (primary N) is 2. The summed E-state index contributed by atoms with van der Waals surface area (Å²) in [6, 6.07) is 11.9. The number of carbonyl (C=O) groups is 3. The molecule has 3 rings (SSSR count). The molecule has 0 saturated heterocycles. The molecule has 0 aliphatic rings. The summed E-state index contributed by atoms with van der Waals surface area (Å²) in [7, 11) is 0. The maximum atomic E-state index is 12.3. The molecule has 0 saturated carbocycles. The molecule has 48 heavy (non-hydrogen) atoms. The minimum absolute atomic E-state index is 0.00233. The van der Waals surface area contributed by atoms with E-state index in [1.165, 1.54) is 12.1 Å². The summed E-state index contributed by atoms with van der Waals surface area (Å²) in [6.45, 7) is 2.92. The zero-order chi connectivity index (χ0) is 35.1. The normalized spacial score (nSPS) is 12.0. The molecule has 2 atom stereocenters. The number of aryl methyl sites for hydroxylation is 1. The fourth-order valence-electron chi connectivity index (χ4n) is 4.35. The van der Waals surface area contributed by atoms with Crippen LogP contribution in [0.5, 0.6) is 11.5 Å². The number of halogens is 1. The van der Waals surface area contributed by atoms with E-state index in [0.717, 1.165) is 24.8 Å². The van der Waals surface area contributed by atoms with Crippen LogP contribution in [0.15, 0.2) is 42.5 Å². The predicted octanol–water partition coefficient (Wildman–Crippen LogP) is 1.44. The van der Waals surface area contributed by atoms with Crippen LogP contribution in [0.25, 0.3) is 0 Å². The first-order chi connectivity index (χ1) is 23.0. The lowest BCUT2D eigenvalue weighted by atomic mass is 10.1. The van der Waals surface area contributed by atoms with Crippen molar-refractivity contribution in [1.29, 1.82) is 5.41 Å². The number of ether oxygens (including phenoxy) is 1. The monoisotopic (exact) mass is 684 g/mol. The predicted molar refractivity (Wildman–Crippen MR) is 182 cm³/mol. The van der Waals surface area contributed by atoms with E-state index in [9.17, 15) is 24.6 Å². The number of nitrogen functional groups attached to an aromatic ring is 2. The summed E-state index contributed by atoms with van der Waals surface area (Å²) in [4.78, 5) is 42.7. The Hall–Kier alpha value is -5.19. The van der Waals surface area contributed by atoms with Crippen molar-refractivity contribution < 1.29 is 29.3 Å². The zero-order valence-corrected chi connectivity index (χ0v) is 27.1. The molecule has 1 heterocycles. The zero-order valence-electron chi connectivity index (χ0n) is 26.4. The second-order valence-corrected chi connectivity index (χ2v) is 11.1. The molecule has 0 aliphatic heterocycles. The van der Waals surface area contributed by atoms with Gasteiger partial charge in [-0.25, -0.2) is 9.97 Å². The second-order valence-electron chi connectivity index (χ2n) is 10.8. The number of aromatic hydroxyl groups is 1. The average Bonchev–Trinajstić information content (AvgIpc) is 3.05. The van der Waals surface area contributed by atoms with E-state index < -0.39 is 12.0 Å². The highest BCUT2D eigenvalue weighted by atomic mass is 35.5. The summed E-state index contributed by atoms with van der Waals surface area (Å²) in [5, 5.41) is 41.5. The highest BCUT2D eigenvalue weighted by molar-refractivity contribution is 6.31. The fourth-order valence-corrected chi connectivity index (χ4v) is 4.47. The van der Waals surface area contributed by atoms with Crippen LogP contribution in [0, 0.1) is 5.41 Å². The third-order valence-electron chi connectivity index (χ3n) is 7.02. The molecule has 0 radical (unpaired) electrons. The molecule has 3 aromatic rings. The third kappa shape index (κ3) is 12.2. The minimum Gasteiger partial charge on any atom is -0.506 e. The molecule has 258 valence electrons. The van der Waals surface area contributed by atoms with Crippen molar-refractivity contribution in [3.63, 3.8) is 0 Å². The van der Waals surface area contributed by atoms with Crippen molar-refractivity contribution in [2.45, 2.75) is 44.8 Å². The first kappa shape index (κ1) is 37.3. The Kier molecular flexibility index (Phi) is 14.6. The van der Waals surface area contributed by atoms with Gasteiger partial charge in [-0.1, -0.05) is 29.8 Å². The number of phenols is 1. The van der Waals surface area contributed by atoms with Crippen LogP contribution in [0.2, 0.25) is 5.15 Å². The number of hydrogen-bond donors (Lipinski definition) is 10. The maximum absolute atomic E-state index is 12.3. The van der Waals surface area contributed by atoms with E-state index in [-0.39, 0.29) is 65.0 Å². The molecule has 2 aromatic carbocycles. The number of phenolic OH excluding ortho intramolecular Hbond substituents is 1. The Bertz CT molecular complexity index is 1560. The summed E-state index contributed by atoms with van der Waals surface area (Å²) >= 11 is 5.79. The highest BCUT2D eigenvalue weighted by Crippen LogP contribution is 2.26. The number of aromatic nitrogens is 2. The van der Waals surface area contributed by atoms with Gasteiger partial charge < -0.3 is 47.7 Å². The molecule has 0 unspecified atom stereocenters. The molecule has 0 fully saturated rings. The van der Waals surface area contributed by atoms with Gasteiger partial charge >= 0.3 is 0 Å². The maximum Gasteiger partial charge on any atom is 0.280 e. The molecule has 1 aromatic heterocycles. The molecule has 17 heteroatoms. The molecular weight excluding hydrogens is 644 g/mol. The number of amides is 3. The standard InChI is InChI=1S/C31H41ClN10O6/c1-18(38-15-24(45)20-7-10-23(44)22(14-20)39-17-43)11-13-36-25(46)16-48-21-8-5-19(6-9-21)4-2-3-12-37-31(35)42-30(47)26-28(33)41-29(34)27(32)40-26/h5-10,14,17-18,24,38,44-45H,2-4,11-13,15-16H2,1H3,(H,36,46)(H,39,43)(H4,33,34,41)(H3,35,37,42,47)/t18-,24+/m1/s1. The first-order valence-electron chi connectivity index (χ1n) is 15.1. The number of aliphatic hydroxyl groups excluding tert-OH is 1. The lowest BCUT2D eigenvalue weighted by Gasteiger charge is -2.18. The van der Waals surface area contributed by atoms with E-state index in [0.29, 0.717) is 37.2 Å². The molecule has 3 amide bonds. The van der Waals surface area contributed by atoms with Gasteiger partial charge in [-0.3, -0.25) is 25.1 Å². The van der Waals surface area contributed by atoms with E-state index in [1.807, 2.05) is 19.1 Å². The number of guanidine groups is 1. The van der Waals surface area contributed by atoms with Gasteiger partial charge in [0, 0.05) is 25.7 Å². The van der Waals surface area contributed by atoms with Gasteiger partial charge in [0.1, 0.15) is 11.5 Å². The van der Waals surface area contributed by atoms with Crippen LogP contribution in [-0.2, 0) is 16.0 Å². The molecule has 16 nitrogen and oxygen atoms in total.